The van der Waals surface area contributed by atoms with Crippen LogP contribution >= 0.6 is 0 Å². The van der Waals surface area contributed by atoms with E-state index in [0.717, 1.165) is 25.9 Å². The van der Waals surface area contributed by atoms with Crippen LogP contribution in [0.3, 0.4) is 0 Å². The summed E-state index contributed by atoms with van der Waals surface area (Å²) in [5, 5.41) is 0. The van der Waals surface area contributed by atoms with Crippen molar-refractivity contribution in [3.8, 4) is 0 Å². The summed E-state index contributed by atoms with van der Waals surface area (Å²) < 4.78 is 27.1. The second-order valence-corrected chi connectivity index (χ2v) is 9.49. The Morgan fingerprint density at radius 1 is 0.857 bits per heavy atom. The molecule has 0 spiro atoms. The number of carbonyl (C=O) groups excluding carboxylic acids is 2. The van der Waals surface area contributed by atoms with E-state index in [0.29, 0.717) is 38.3 Å². The Morgan fingerprint density at radius 3 is 1.96 bits per heavy atom. The van der Waals surface area contributed by atoms with Crippen LogP contribution in [-0.2, 0) is 14.8 Å². The van der Waals surface area contributed by atoms with Gasteiger partial charge in [-0.2, -0.15) is 4.31 Å². The Kier molecular flexibility index (Phi) is 6.85. The number of sulfonamides is 1. The molecule has 0 aliphatic carbocycles. The van der Waals surface area contributed by atoms with E-state index in [1.807, 2.05) is 9.80 Å². The van der Waals surface area contributed by atoms with Crippen LogP contribution in [0.2, 0.25) is 0 Å². The van der Waals surface area contributed by atoms with Gasteiger partial charge in [0.2, 0.25) is 15.9 Å². The summed E-state index contributed by atoms with van der Waals surface area (Å²) in [4.78, 5) is 28.1. The number of rotatable bonds is 5. The van der Waals surface area contributed by atoms with Crippen molar-refractivity contribution in [2.45, 2.75) is 37.5 Å². The summed E-state index contributed by atoms with van der Waals surface area (Å²) in [5.41, 5.74) is 0.496. The first kappa shape index (κ1) is 21.0. The predicted molar refractivity (Wildman–Crippen MR) is 107 cm³/mol. The zero-order chi connectivity index (χ0) is 20.1. The molecule has 154 valence electrons. The molecule has 2 heterocycles. The van der Waals surface area contributed by atoms with Gasteiger partial charge in [0.25, 0.3) is 0 Å². The minimum absolute atomic E-state index is 0.0911. The summed E-state index contributed by atoms with van der Waals surface area (Å²) in [6.45, 7) is 5.31. The monoisotopic (exact) mass is 407 g/mol. The van der Waals surface area contributed by atoms with Crippen LogP contribution in [0.5, 0.6) is 0 Å². The molecular weight excluding hydrogens is 378 g/mol. The molecule has 0 radical (unpaired) electrons. The number of hydrogen-bond donors (Lipinski definition) is 0. The first-order valence-electron chi connectivity index (χ1n) is 9.99. The Morgan fingerprint density at radius 2 is 1.43 bits per heavy atom. The summed E-state index contributed by atoms with van der Waals surface area (Å²) in [5.74, 6) is 0.0599. The number of hydrogen-bond acceptors (Lipinski definition) is 5. The lowest BCUT2D eigenvalue weighted by Gasteiger charge is -2.34. The van der Waals surface area contributed by atoms with Crippen LogP contribution in [0, 0.1) is 0 Å². The van der Waals surface area contributed by atoms with Gasteiger partial charge in [0, 0.05) is 44.8 Å². The maximum Gasteiger partial charge on any atom is 0.243 e. The zero-order valence-corrected chi connectivity index (χ0v) is 17.3. The molecule has 0 saturated carbocycles. The normalized spacial score (nSPS) is 20.0. The van der Waals surface area contributed by atoms with Crippen molar-refractivity contribution in [3.63, 3.8) is 0 Å². The molecule has 28 heavy (non-hydrogen) atoms. The lowest BCUT2D eigenvalue weighted by atomic mass is 10.2. The number of amides is 1. The molecular formula is C20H29N3O4S. The fourth-order valence-corrected chi connectivity index (χ4v) is 5.17. The maximum absolute atomic E-state index is 12.8. The second kappa shape index (κ2) is 9.15. The highest BCUT2D eigenvalue weighted by Gasteiger charge is 2.29. The smallest absolute Gasteiger partial charge is 0.243 e. The van der Waals surface area contributed by atoms with Gasteiger partial charge in [-0.1, -0.05) is 25.0 Å². The minimum atomic E-state index is -3.58. The minimum Gasteiger partial charge on any atom is -0.342 e. The summed E-state index contributed by atoms with van der Waals surface area (Å²) >= 11 is 0. The molecule has 1 aromatic carbocycles. The number of benzene rings is 1. The average Bonchev–Trinajstić information content (AvgIpc) is 2.98. The lowest BCUT2D eigenvalue weighted by molar-refractivity contribution is -0.132. The number of likely N-dealkylation sites (tertiary alicyclic amines) is 1. The molecule has 0 N–H and O–H groups in total. The van der Waals surface area contributed by atoms with Gasteiger partial charge in [-0.05, 0) is 31.9 Å². The molecule has 1 aromatic rings. The van der Waals surface area contributed by atoms with Gasteiger partial charge in [-0.15, -0.1) is 0 Å². The number of ketones is 1. The summed E-state index contributed by atoms with van der Waals surface area (Å²) in [6.07, 6.45) is 4.52. The Bertz CT molecular complexity index is 791. The molecule has 2 aliphatic heterocycles. The number of piperazine rings is 1. The first-order valence-corrected chi connectivity index (χ1v) is 11.4. The molecule has 0 bridgehead atoms. The van der Waals surface area contributed by atoms with Gasteiger partial charge in [0.15, 0.2) is 5.78 Å². The zero-order valence-electron chi connectivity index (χ0n) is 16.5. The van der Waals surface area contributed by atoms with E-state index in [2.05, 4.69) is 0 Å². The van der Waals surface area contributed by atoms with Crippen molar-refractivity contribution in [2.75, 3.05) is 45.8 Å². The fourth-order valence-electron chi connectivity index (χ4n) is 3.75. The van der Waals surface area contributed by atoms with E-state index in [1.165, 1.54) is 36.2 Å². The standard InChI is InChI=1S/C20H29N3O4S/c1-17(24)18-6-8-19(9-7-18)28(26,27)23-14-12-21(13-15-23)16-20(25)22-10-4-2-3-5-11-22/h6-9H,2-5,10-16H2,1H3. The Hall–Kier alpha value is -1.77. The van der Waals surface area contributed by atoms with Crippen LogP contribution in [0.25, 0.3) is 0 Å². The quantitative estimate of drug-likeness (QED) is 0.693. The van der Waals surface area contributed by atoms with Gasteiger partial charge in [-0.3, -0.25) is 14.5 Å². The summed E-state index contributed by atoms with van der Waals surface area (Å²) in [7, 11) is -3.58. The molecule has 2 saturated heterocycles. The van der Waals surface area contributed by atoms with Gasteiger partial charge in [0.05, 0.1) is 11.4 Å². The number of carbonyl (C=O) groups is 2. The van der Waals surface area contributed by atoms with Crippen molar-refractivity contribution in [1.29, 1.82) is 0 Å². The molecule has 0 atom stereocenters. The fraction of sp³-hybridized carbons (Fsp3) is 0.600. The van der Waals surface area contributed by atoms with E-state index in [-0.39, 0.29) is 16.6 Å². The van der Waals surface area contributed by atoms with Crippen molar-refractivity contribution in [1.82, 2.24) is 14.1 Å². The molecule has 3 rings (SSSR count). The van der Waals surface area contributed by atoms with E-state index >= 15 is 0 Å². The van der Waals surface area contributed by atoms with Crippen molar-refractivity contribution in [3.05, 3.63) is 29.8 Å². The van der Waals surface area contributed by atoms with Gasteiger partial charge < -0.3 is 4.90 Å². The highest BCUT2D eigenvalue weighted by Crippen LogP contribution is 2.19. The number of nitrogens with zero attached hydrogens (tertiary/aromatic N) is 3. The van der Waals surface area contributed by atoms with Crippen LogP contribution < -0.4 is 0 Å². The second-order valence-electron chi connectivity index (χ2n) is 7.56. The summed E-state index contributed by atoms with van der Waals surface area (Å²) in [6, 6.07) is 6.07. The van der Waals surface area contributed by atoms with Crippen LogP contribution in [0.1, 0.15) is 43.0 Å². The van der Waals surface area contributed by atoms with Crippen LogP contribution in [0.15, 0.2) is 29.2 Å². The molecule has 1 amide bonds. The van der Waals surface area contributed by atoms with Gasteiger partial charge in [0.1, 0.15) is 0 Å². The lowest BCUT2D eigenvalue weighted by Crippen LogP contribution is -2.51. The van der Waals surface area contributed by atoms with E-state index < -0.39 is 10.0 Å². The van der Waals surface area contributed by atoms with Gasteiger partial charge >= 0.3 is 0 Å². The first-order chi connectivity index (χ1) is 13.4. The van der Waals surface area contributed by atoms with E-state index in [4.69, 9.17) is 0 Å². The van der Waals surface area contributed by atoms with E-state index in [9.17, 15) is 18.0 Å². The number of Topliss-reactive ketones (excluding diaryl/α,β-unsaturated/α-hetero) is 1. The Balaban J connectivity index is 1.55. The topological polar surface area (TPSA) is 78.0 Å². The van der Waals surface area contributed by atoms with E-state index in [1.54, 1.807) is 12.1 Å². The molecule has 8 heteroatoms. The third kappa shape index (κ3) is 4.98. The third-order valence-corrected chi connectivity index (χ3v) is 7.46. The van der Waals surface area contributed by atoms with Crippen LogP contribution in [-0.4, -0.2) is 80.0 Å². The largest absolute Gasteiger partial charge is 0.342 e. The van der Waals surface area contributed by atoms with Crippen molar-refractivity contribution >= 4 is 21.7 Å². The van der Waals surface area contributed by atoms with Crippen molar-refractivity contribution in [2.24, 2.45) is 0 Å². The van der Waals surface area contributed by atoms with Gasteiger partial charge in [-0.25, -0.2) is 8.42 Å². The predicted octanol–water partition coefficient (Wildman–Crippen LogP) is 1.60. The molecule has 7 nitrogen and oxygen atoms in total. The molecule has 0 unspecified atom stereocenters. The Labute approximate surface area is 167 Å². The maximum atomic E-state index is 12.8. The highest BCUT2D eigenvalue weighted by molar-refractivity contribution is 7.89. The molecule has 2 fully saturated rings. The van der Waals surface area contributed by atoms with Crippen LogP contribution in [0.4, 0.5) is 0 Å². The SMILES string of the molecule is CC(=O)c1ccc(S(=O)(=O)N2CCN(CC(=O)N3CCCCCC3)CC2)cc1. The third-order valence-electron chi connectivity index (χ3n) is 5.55. The highest BCUT2D eigenvalue weighted by atomic mass is 32.2. The van der Waals surface area contributed by atoms with Crippen molar-refractivity contribution < 1.29 is 18.0 Å². The molecule has 2 aliphatic rings. The molecule has 0 aromatic heterocycles. The average molecular weight is 408 g/mol.